The van der Waals surface area contributed by atoms with Crippen molar-refractivity contribution in [3.05, 3.63) is 101 Å². The van der Waals surface area contributed by atoms with Crippen molar-refractivity contribution in [2.45, 2.75) is 38.2 Å². The summed E-state index contributed by atoms with van der Waals surface area (Å²) in [5.41, 5.74) is -0.725. The van der Waals surface area contributed by atoms with Gasteiger partial charge in [0.2, 0.25) is 0 Å². The van der Waals surface area contributed by atoms with Crippen molar-refractivity contribution in [1.29, 1.82) is 0 Å². The second-order valence-corrected chi connectivity index (χ2v) is 8.84. The maximum Gasteiger partial charge on any atom is 0.416 e. The van der Waals surface area contributed by atoms with E-state index in [1.54, 1.807) is 41.2 Å². The van der Waals surface area contributed by atoms with Crippen molar-refractivity contribution in [3.8, 4) is 0 Å². The van der Waals surface area contributed by atoms with Crippen LogP contribution in [0.15, 0.2) is 72.1 Å². The van der Waals surface area contributed by atoms with Crippen LogP contribution in [0.3, 0.4) is 0 Å². The third-order valence-corrected chi connectivity index (χ3v) is 6.18. The molecule has 3 aromatic heterocycles. The van der Waals surface area contributed by atoms with Gasteiger partial charge in [-0.05, 0) is 48.3 Å². The van der Waals surface area contributed by atoms with E-state index in [1.807, 2.05) is 0 Å². The SMILES string of the molecule is Fc1ccccc1Cc1nc2cc[n+](Cc3ccc(C4=C(C(F)(F)F)C=C(C(F)(F)F)CC4)nn3)cc2[nH]1. The number of fused-ring (bicyclic) bond motifs is 1. The van der Waals surface area contributed by atoms with E-state index in [0.717, 1.165) is 0 Å². The van der Waals surface area contributed by atoms with Gasteiger partial charge in [0, 0.05) is 18.1 Å². The number of allylic oxidation sites excluding steroid dienone is 4. The number of imidazole rings is 1. The van der Waals surface area contributed by atoms with Crippen molar-refractivity contribution in [2.75, 3.05) is 0 Å². The number of rotatable bonds is 5. The zero-order chi connectivity index (χ0) is 27.1. The van der Waals surface area contributed by atoms with Gasteiger partial charge in [-0.1, -0.05) is 18.2 Å². The van der Waals surface area contributed by atoms with Crippen molar-refractivity contribution in [2.24, 2.45) is 0 Å². The Bertz CT molecular complexity index is 1550. The molecule has 0 unspecified atom stereocenters. The highest BCUT2D eigenvalue weighted by molar-refractivity contribution is 5.73. The predicted molar refractivity (Wildman–Crippen MR) is 123 cm³/mol. The molecule has 1 N–H and O–H groups in total. The van der Waals surface area contributed by atoms with E-state index >= 15 is 0 Å². The Balaban J connectivity index is 1.36. The third-order valence-electron chi connectivity index (χ3n) is 6.18. The first kappa shape index (κ1) is 25.6. The number of pyridine rings is 1. The lowest BCUT2D eigenvalue weighted by Gasteiger charge is -2.22. The molecule has 0 radical (unpaired) electrons. The fourth-order valence-electron chi connectivity index (χ4n) is 4.32. The van der Waals surface area contributed by atoms with Crippen molar-refractivity contribution < 1.29 is 35.3 Å². The van der Waals surface area contributed by atoms with E-state index < -0.39 is 36.3 Å². The summed E-state index contributed by atoms with van der Waals surface area (Å²) in [5, 5.41) is 7.89. The van der Waals surface area contributed by atoms with Crippen molar-refractivity contribution in [3.63, 3.8) is 0 Å². The van der Waals surface area contributed by atoms with E-state index in [9.17, 15) is 30.7 Å². The fourth-order valence-corrected chi connectivity index (χ4v) is 4.32. The first-order valence-corrected chi connectivity index (χ1v) is 11.5. The smallest absolute Gasteiger partial charge is 0.337 e. The van der Waals surface area contributed by atoms with Gasteiger partial charge in [-0.3, -0.25) is 0 Å². The summed E-state index contributed by atoms with van der Waals surface area (Å²) in [6.45, 7) is 0.230. The van der Waals surface area contributed by atoms with Gasteiger partial charge in [0.15, 0.2) is 18.9 Å². The molecular weight excluding hydrogens is 515 g/mol. The van der Waals surface area contributed by atoms with Crippen molar-refractivity contribution in [1.82, 2.24) is 20.2 Å². The Hall–Kier alpha value is -4.09. The summed E-state index contributed by atoms with van der Waals surface area (Å²) in [5.74, 6) is 0.254. The van der Waals surface area contributed by atoms with Gasteiger partial charge in [-0.15, -0.1) is 5.10 Å². The van der Waals surface area contributed by atoms with E-state index in [1.165, 1.54) is 18.2 Å². The minimum absolute atomic E-state index is 0.120. The number of nitrogens with one attached hydrogen (secondary N) is 1. The summed E-state index contributed by atoms with van der Waals surface area (Å²) in [4.78, 5) is 7.62. The maximum atomic E-state index is 14.0. The molecule has 0 bridgehead atoms. The number of aromatic amines is 1. The van der Waals surface area contributed by atoms with Gasteiger partial charge in [0.05, 0.1) is 11.3 Å². The summed E-state index contributed by atoms with van der Waals surface area (Å²) in [6, 6.07) is 11.0. The molecule has 1 aromatic carbocycles. The quantitative estimate of drug-likeness (QED) is 0.252. The molecule has 3 heterocycles. The molecule has 0 atom stereocenters. The predicted octanol–water partition coefficient (Wildman–Crippen LogP) is 6.02. The molecule has 0 saturated heterocycles. The average molecular weight is 534 g/mol. The normalized spacial score (nSPS) is 14.8. The highest BCUT2D eigenvalue weighted by Crippen LogP contribution is 2.43. The molecule has 4 aromatic rings. The lowest BCUT2D eigenvalue weighted by Crippen LogP contribution is -2.33. The molecule has 12 heteroatoms. The fraction of sp³-hybridized carbons (Fsp3) is 0.231. The van der Waals surface area contributed by atoms with Crippen LogP contribution in [0.25, 0.3) is 16.6 Å². The Labute approximate surface area is 211 Å². The van der Waals surface area contributed by atoms with Crippen LogP contribution in [0, 0.1) is 5.82 Å². The van der Waals surface area contributed by atoms with Crippen LogP contribution in [0.4, 0.5) is 30.7 Å². The molecular formula is C26H19F7N5+. The van der Waals surface area contributed by atoms with Gasteiger partial charge >= 0.3 is 12.4 Å². The third kappa shape index (κ3) is 5.43. The minimum atomic E-state index is -4.97. The summed E-state index contributed by atoms with van der Waals surface area (Å²) < 4.78 is 95.3. The number of hydrogen-bond acceptors (Lipinski definition) is 3. The molecule has 1 aliphatic carbocycles. The average Bonchev–Trinajstić information content (AvgIpc) is 3.26. The van der Waals surface area contributed by atoms with Crippen LogP contribution < -0.4 is 4.57 Å². The number of aromatic nitrogens is 5. The van der Waals surface area contributed by atoms with Gasteiger partial charge in [-0.25, -0.2) is 9.37 Å². The Morgan fingerprint density at radius 3 is 2.37 bits per heavy atom. The molecule has 0 spiro atoms. The number of nitrogens with zero attached hydrogens (tertiary/aromatic N) is 4. The maximum absolute atomic E-state index is 14.0. The van der Waals surface area contributed by atoms with Crippen LogP contribution in [0.5, 0.6) is 0 Å². The number of halogens is 7. The Morgan fingerprint density at radius 2 is 1.68 bits per heavy atom. The zero-order valence-electron chi connectivity index (χ0n) is 19.5. The largest absolute Gasteiger partial charge is 0.416 e. The molecule has 0 aliphatic heterocycles. The first-order valence-electron chi connectivity index (χ1n) is 11.5. The van der Waals surface area contributed by atoms with Crippen LogP contribution in [-0.4, -0.2) is 32.5 Å². The van der Waals surface area contributed by atoms with E-state index in [2.05, 4.69) is 20.2 Å². The van der Waals surface area contributed by atoms with Crippen LogP contribution >= 0.6 is 0 Å². The Morgan fingerprint density at radius 1 is 0.895 bits per heavy atom. The molecule has 38 heavy (non-hydrogen) atoms. The zero-order valence-corrected chi connectivity index (χ0v) is 19.5. The van der Waals surface area contributed by atoms with Gasteiger partial charge in [0.1, 0.15) is 28.4 Å². The highest BCUT2D eigenvalue weighted by atomic mass is 19.4. The number of benzene rings is 1. The summed E-state index contributed by atoms with van der Waals surface area (Å²) in [7, 11) is 0. The molecule has 5 rings (SSSR count). The number of alkyl halides is 6. The second kappa shape index (κ2) is 9.66. The summed E-state index contributed by atoms with van der Waals surface area (Å²) in [6.07, 6.45) is -6.88. The first-order chi connectivity index (χ1) is 18.0. The van der Waals surface area contributed by atoms with E-state index in [0.29, 0.717) is 28.1 Å². The number of H-pyrrole nitrogens is 1. The molecule has 1 aliphatic rings. The number of hydrogen-bond donors (Lipinski definition) is 1. The Kier molecular flexibility index (Phi) is 6.49. The molecule has 5 nitrogen and oxygen atoms in total. The van der Waals surface area contributed by atoms with Crippen LogP contribution in [-0.2, 0) is 13.0 Å². The molecule has 0 amide bonds. The lowest BCUT2D eigenvalue weighted by atomic mass is 9.89. The van der Waals surface area contributed by atoms with Gasteiger partial charge < -0.3 is 4.98 Å². The molecule has 0 saturated carbocycles. The van der Waals surface area contributed by atoms with Crippen LogP contribution in [0.2, 0.25) is 0 Å². The topological polar surface area (TPSA) is 58.3 Å². The minimum Gasteiger partial charge on any atom is -0.337 e. The monoisotopic (exact) mass is 534 g/mol. The summed E-state index contributed by atoms with van der Waals surface area (Å²) >= 11 is 0. The molecule has 0 fully saturated rings. The van der Waals surface area contributed by atoms with E-state index in [4.69, 9.17) is 0 Å². The molecule has 196 valence electrons. The standard InChI is InChI=1S/C26H18F7N5/c27-20-4-2-1-3-15(20)11-24-34-22-9-10-38(14-23(22)35-24)13-17-6-8-21(37-36-17)18-7-5-16(25(28,29)30)12-19(18)26(31,32)33/h1-4,6,8-10,12,14H,5,7,11,13H2/p+1. The second-order valence-electron chi connectivity index (χ2n) is 8.84. The lowest BCUT2D eigenvalue weighted by molar-refractivity contribution is -0.687. The highest BCUT2D eigenvalue weighted by Gasteiger charge is 2.42. The van der Waals surface area contributed by atoms with E-state index in [-0.39, 0.29) is 36.1 Å². The van der Waals surface area contributed by atoms with Crippen molar-refractivity contribution >= 4 is 16.6 Å². The van der Waals surface area contributed by atoms with Crippen LogP contribution in [0.1, 0.15) is 35.6 Å². The van der Waals surface area contributed by atoms with Gasteiger partial charge in [-0.2, -0.15) is 36.0 Å². The van der Waals surface area contributed by atoms with Gasteiger partial charge in [0.25, 0.3) is 0 Å².